The third-order valence-electron chi connectivity index (χ3n) is 3.88. The van der Waals surface area contributed by atoms with Gasteiger partial charge in [0.1, 0.15) is 12.1 Å². The molecule has 4 nitrogen and oxygen atoms in total. The number of hydrogen-bond donors (Lipinski definition) is 1. The number of carbonyl (C=O) groups is 2. The van der Waals surface area contributed by atoms with Crippen LogP contribution < -0.4 is 5.32 Å². The number of piperazine rings is 1. The van der Waals surface area contributed by atoms with Crippen LogP contribution in [0.25, 0.3) is 0 Å². The Bertz CT molecular complexity index is 334. The van der Waals surface area contributed by atoms with E-state index in [2.05, 4.69) is 5.32 Å². The zero-order chi connectivity index (χ0) is 11.3. The molecule has 3 rings (SSSR count). The maximum atomic E-state index is 12.3. The first-order valence-electron chi connectivity index (χ1n) is 6.35. The Balaban J connectivity index is 1.83. The molecule has 1 N–H and O–H groups in total. The summed E-state index contributed by atoms with van der Waals surface area (Å²) >= 11 is 0. The largest absolute Gasteiger partial charge is 0.342 e. The SMILES string of the molecule is CCC1C(=O)NC(C2CC2)C(=O)N1C1CC1. The van der Waals surface area contributed by atoms with Gasteiger partial charge in [0.15, 0.2) is 0 Å². The number of nitrogens with one attached hydrogen (secondary N) is 1. The van der Waals surface area contributed by atoms with Crippen LogP contribution in [0.3, 0.4) is 0 Å². The second-order valence-electron chi connectivity index (χ2n) is 5.22. The zero-order valence-electron chi connectivity index (χ0n) is 9.61. The van der Waals surface area contributed by atoms with E-state index in [9.17, 15) is 9.59 Å². The molecule has 0 bridgehead atoms. The molecule has 0 spiro atoms. The molecule has 1 heterocycles. The molecular weight excluding hydrogens is 204 g/mol. The fraction of sp³-hybridized carbons (Fsp3) is 0.833. The number of amides is 2. The van der Waals surface area contributed by atoms with Crippen molar-refractivity contribution < 1.29 is 9.59 Å². The molecule has 1 saturated heterocycles. The third-order valence-corrected chi connectivity index (χ3v) is 3.88. The third kappa shape index (κ3) is 1.51. The molecule has 2 aliphatic carbocycles. The average molecular weight is 222 g/mol. The van der Waals surface area contributed by atoms with Crippen molar-refractivity contribution in [3.63, 3.8) is 0 Å². The summed E-state index contributed by atoms with van der Waals surface area (Å²) in [6.45, 7) is 1.98. The fourth-order valence-corrected chi connectivity index (χ4v) is 2.67. The Kier molecular flexibility index (Phi) is 2.19. The summed E-state index contributed by atoms with van der Waals surface area (Å²) < 4.78 is 0. The lowest BCUT2D eigenvalue weighted by Crippen LogP contribution is -2.64. The number of hydrogen-bond acceptors (Lipinski definition) is 2. The maximum Gasteiger partial charge on any atom is 0.246 e. The second-order valence-corrected chi connectivity index (χ2v) is 5.22. The molecule has 3 fully saturated rings. The van der Waals surface area contributed by atoms with Gasteiger partial charge in [0, 0.05) is 6.04 Å². The summed E-state index contributed by atoms with van der Waals surface area (Å²) in [5, 5.41) is 2.91. The quantitative estimate of drug-likeness (QED) is 0.762. The van der Waals surface area contributed by atoms with Crippen molar-refractivity contribution in [1.82, 2.24) is 10.2 Å². The topological polar surface area (TPSA) is 49.4 Å². The molecule has 1 aliphatic heterocycles. The molecule has 2 unspecified atom stereocenters. The van der Waals surface area contributed by atoms with Crippen LogP contribution >= 0.6 is 0 Å². The van der Waals surface area contributed by atoms with Crippen LogP contribution in [0.5, 0.6) is 0 Å². The highest BCUT2D eigenvalue weighted by molar-refractivity contribution is 5.97. The van der Waals surface area contributed by atoms with E-state index < -0.39 is 0 Å². The maximum absolute atomic E-state index is 12.3. The van der Waals surface area contributed by atoms with Crippen molar-refractivity contribution in [2.24, 2.45) is 5.92 Å². The van der Waals surface area contributed by atoms with Crippen LogP contribution in [-0.2, 0) is 9.59 Å². The van der Waals surface area contributed by atoms with Crippen molar-refractivity contribution in [1.29, 1.82) is 0 Å². The molecule has 2 atom stereocenters. The van der Waals surface area contributed by atoms with E-state index in [1.807, 2.05) is 11.8 Å². The van der Waals surface area contributed by atoms with Crippen molar-refractivity contribution >= 4 is 11.8 Å². The summed E-state index contributed by atoms with van der Waals surface area (Å²) in [5.74, 6) is 0.651. The Hall–Kier alpha value is -1.06. The lowest BCUT2D eigenvalue weighted by Gasteiger charge is -2.39. The van der Waals surface area contributed by atoms with E-state index in [0.29, 0.717) is 12.0 Å². The average Bonchev–Trinajstić information content (AvgIpc) is 3.13. The van der Waals surface area contributed by atoms with Crippen molar-refractivity contribution in [2.75, 3.05) is 0 Å². The van der Waals surface area contributed by atoms with Gasteiger partial charge in [0.05, 0.1) is 0 Å². The van der Waals surface area contributed by atoms with E-state index >= 15 is 0 Å². The van der Waals surface area contributed by atoms with Crippen LogP contribution in [0, 0.1) is 5.92 Å². The number of rotatable bonds is 3. The van der Waals surface area contributed by atoms with Crippen LogP contribution in [0.2, 0.25) is 0 Å². The van der Waals surface area contributed by atoms with Gasteiger partial charge >= 0.3 is 0 Å². The summed E-state index contributed by atoms with van der Waals surface area (Å²) in [6.07, 6.45) is 5.06. The van der Waals surface area contributed by atoms with Crippen LogP contribution in [0.4, 0.5) is 0 Å². The molecule has 2 amide bonds. The first kappa shape index (κ1) is 10.1. The highest BCUT2D eigenvalue weighted by atomic mass is 16.2. The number of nitrogens with zero attached hydrogens (tertiary/aromatic N) is 1. The summed E-state index contributed by atoms with van der Waals surface area (Å²) in [6, 6.07) is -0.0735. The van der Waals surface area contributed by atoms with Gasteiger partial charge in [-0.1, -0.05) is 6.92 Å². The molecule has 16 heavy (non-hydrogen) atoms. The first-order valence-corrected chi connectivity index (χ1v) is 6.35. The molecule has 2 saturated carbocycles. The van der Waals surface area contributed by atoms with Gasteiger partial charge in [0.2, 0.25) is 11.8 Å². The molecule has 0 aromatic heterocycles. The van der Waals surface area contributed by atoms with Crippen LogP contribution in [-0.4, -0.2) is 34.8 Å². The Morgan fingerprint density at radius 2 is 1.94 bits per heavy atom. The number of carbonyl (C=O) groups excluding carboxylic acids is 2. The monoisotopic (exact) mass is 222 g/mol. The lowest BCUT2D eigenvalue weighted by atomic mass is 10.0. The van der Waals surface area contributed by atoms with E-state index in [0.717, 1.165) is 32.1 Å². The molecule has 4 heteroatoms. The smallest absolute Gasteiger partial charge is 0.246 e. The van der Waals surface area contributed by atoms with Gasteiger partial charge in [0.25, 0.3) is 0 Å². The van der Waals surface area contributed by atoms with Gasteiger partial charge in [-0.2, -0.15) is 0 Å². The zero-order valence-corrected chi connectivity index (χ0v) is 9.61. The minimum Gasteiger partial charge on any atom is -0.342 e. The standard InChI is InChI=1S/C12H18N2O2/c1-2-9-11(15)13-10(7-3-4-7)12(16)14(9)8-5-6-8/h7-10H,2-6H2,1H3,(H,13,15). The molecular formula is C12H18N2O2. The molecule has 0 aromatic carbocycles. The highest BCUT2D eigenvalue weighted by Gasteiger charge is 2.50. The second kappa shape index (κ2) is 3.47. The Labute approximate surface area is 95.4 Å². The lowest BCUT2D eigenvalue weighted by molar-refractivity contribution is -0.150. The molecule has 0 aromatic rings. The fourth-order valence-electron chi connectivity index (χ4n) is 2.67. The van der Waals surface area contributed by atoms with Crippen molar-refractivity contribution in [3.8, 4) is 0 Å². The van der Waals surface area contributed by atoms with E-state index in [4.69, 9.17) is 0 Å². The van der Waals surface area contributed by atoms with Crippen molar-refractivity contribution in [3.05, 3.63) is 0 Å². The molecule has 88 valence electrons. The minimum absolute atomic E-state index is 0.0610. The van der Waals surface area contributed by atoms with Crippen LogP contribution in [0.15, 0.2) is 0 Å². The first-order chi connectivity index (χ1) is 7.72. The van der Waals surface area contributed by atoms with Gasteiger partial charge in [-0.15, -0.1) is 0 Å². The van der Waals surface area contributed by atoms with Gasteiger partial charge in [-0.05, 0) is 38.0 Å². The van der Waals surface area contributed by atoms with Gasteiger partial charge < -0.3 is 10.2 Å². The van der Waals surface area contributed by atoms with Crippen LogP contribution in [0.1, 0.15) is 39.0 Å². The van der Waals surface area contributed by atoms with E-state index in [1.54, 1.807) is 0 Å². The Morgan fingerprint density at radius 3 is 2.44 bits per heavy atom. The van der Waals surface area contributed by atoms with E-state index in [1.165, 1.54) is 0 Å². The van der Waals surface area contributed by atoms with Gasteiger partial charge in [-0.25, -0.2) is 0 Å². The summed E-state index contributed by atoms with van der Waals surface area (Å²) in [4.78, 5) is 26.1. The molecule has 0 radical (unpaired) electrons. The van der Waals surface area contributed by atoms with Crippen molar-refractivity contribution in [2.45, 2.75) is 57.2 Å². The highest BCUT2D eigenvalue weighted by Crippen LogP contribution is 2.38. The van der Waals surface area contributed by atoms with E-state index in [-0.39, 0.29) is 23.9 Å². The molecule has 3 aliphatic rings. The summed E-state index contributed by atoms with van der Waals surface area (Å²) in [5.41, 5.74) is 0. The predicted octanol–water partition coefficient (Wildman–Crippen LogP) is 0.664. The van der Waals surface area contributed by atoms with Gasteiger partial charge in [-0.3, -0.25) is 9.59 Å². The Morgan fingerprint density at radius 1 is 1.25 bits per heavy atom. The minimum atomic E-state index is -0.213. The normalized spacial score (nSPS) is 35.2. The predicted molar refractivity (Wildman–Crippen MR) is 58.6 cm³/mol. The summed E-state index contributed by atoms with van der Waals surface area (Å²) in [7, 11) is 0.